The van der Waals surface area contributed by atoms with Gasteiger partial charge < -0.3 is 9.67 Å². The van der Waals surface area contributed by atoms with Crippen LogP contribution < -0.4 is 0 Å². The maximum absolute atomic E-state index is 12.8. The molecular weight excluding hydrogens is 301 g/mol. The van der Waals surface area contributed by atoms with Gasteiger partial charge in [-0.3, -0.25) is 0 Å². The van der Waals surface area contributed by atoms with E-state index in [1.807, 2.05) is 0 Å². The smallest absolute Gasteiger partial charge is 0.389 e. The number of aromatic nitrogens is 2. The summed E-state index contributed by atoms with van der Waals surface area (Å²) in [5.74, 6) is -0.770. The molecule has 0 aliphatic rings. The van der Waals surface area contributed by atoms with Crippen LogP contribution >= 0.6 is 12.2 Å². The predicted molar refractivity (Wildman–Crippen MR) is 76.4 cm³/mol. The quantitative estimate of drug-likeness (QED) is 0.852. The molecule has 0 fully saturated rings. The lowest BCUT2D eigenvalue weighted by Crippen LogP contribution is -2.18. The predicted octanol–water partition coefficient (Wildman–Crippen LogP) is 3.85. The average molecular weight is 314 g/mol. The van der Waals surface area contributed by atoms with E-state index in [9.17, 15) is 18.3 Å². The van der Waals surface area contributed by atoms with Gasteiger partial charge in [-0.25, -0.2) is 4.98 Å². The zero-order chi connectivity index (χ0) is 15.5. The van der Waals surface area contributed by atoms with Gasteiger partial charge in [-0.2, -0.15) is 13.2 Å². The molecule has 21 heavy (non-hydrogen) atoms. The lowest BCUT2D eigenvalue weighted by atomic mass is 9.94. The number of hydrogen-bond donors (Lipinski definition) is 1. The molecule has 0 bridgehead atoms. The lowest BCUT2D eigenvalue weighted by Gasteiger charge is -2.20. The monoisotopic (exact) mass is 314 g/mol. The van der Waals surface area contributed by atoms with E-state index >= 15 is 0 Å². The summed E-state index contributed by atoms with van der Waals surface area (Å²) in [6.07, 6.45) is -0.620. The third-order valence-electron chi connectivity index (χ3n) is 3.07. The van der Waals surface area contributed by atoms with E-state index in [4.69, 9.17) is 0 Å². The molecule has 0 saturated carbocycles. The fourth-order valence-electron chi connectivity index (χ4n) is 2.14. The zero-order valence-electron chi connectivity index (χ0n) is 10.9. The second-order valence-electron chi connectivity index (χ2n) is 4.71. The Bertz CT molecular complexity index is 611. The number of rotatable bonds is 5. The minimum absolute atomic E-state index is 0.154. The van der Waals surface area contributed by atoms with Crippen LogP contribution in [-0.2, 0) is 6.54 Å². The highest BCUT2D eigenvalue weighted by molar-refractivity contribution is 7.80. The van der Waals surface area contributed by atoms with Gasteiger partial charge >= 0.3 is 6.18 Å². The summed E-state index contributed by atoms with van der Waals surface area (Å²) in [4.78, 5) is 3.83. The van der Waals surface area contributed by atoms with Crippen molar-refractivity contribution >= 4 is 17.3 Å². The Morgan fingerprint density at radius 2 is 2.14 bits per heavy atom. The van der Waals surface area contributed by atoms with E-state index in [1.165, 1.54) is 18.6 Å². The largest absolute Gasteiger partial charge is 0.499 e. The number of hydrogen-bond acceptors (Lipinski definition) is 2. The Labute approximate surface area is 125 Å². The van der Waals surface area contributed by atoms with Crippen LogP contribution in [0.25, 0.3) is 0 Å². The number of aliphatic hydroxyl groups is 1. The van der Waals surface area contributed by atoms with E-state index in [0.717, 1.165) is 0 Å². The molecule has 1 heterocycles. The molecule has 0 aliphatic heterocycles. The van der Waals surface area contributed by atoms with Gasteiger partial charge in [0.1, 0.15) is 0 Å². The van der Waals surface area contributed by atoms with Gasteiger partial charge in [-0.15, -0.1) is 0 Å². The highest BCUT2D eigenvalue weighted by atomic mass is 32.1. The number of halogens is 3. The van der Waals surface area contributed by atoms with Crippen LogP contribution in [0.4, 0.5) is 13.2 Å². The van der Waals surface area contributed by atoms with Crippen LogP contribution in [0, 0.1) is 0 Å². The summed E-state index contributed by atoms with van der Waals surface area (Å²) in [7, 11) is 0. The topological polar surface area (TPSA) is 38.0 Å². The van der Waals surface area contributed by atoms with Crippen molar-refractivity contribution in [2.75, 3.05) is 0 Å². The molecule has 0 aliphatic carbocycles. The van der Waals surface area contributed by atoms with Crippen LogP contribution in [-0.4, -0.2) is 25.9 Å². The number of alkyl halides is 3. The first-order valence-corrected chi connectivity index (χ1v) is 6.62. The minimum atomic E-state index is -4.28. The molecule has 2 rings (SSSR count). The van der Waals surface area contributed by atoms with Gasteiger partial charge in [0.05, 0.1) is 12.7 Å². The van der Waals surface area contributed by atoms with Gasteiger partial charge in [-0.1, -0.05) is 18.2 Å². The molecule has 0 saturated heterocycles. The van der Waals surface area contributed by atoms with Crippen molar-refractivity contribution in [2.45, 2.75) is 25.1 Å². The first-order valence-electron chi connectivity index (χ1n) is 6.21. The molecule has 7 heteroatoms. The summed E-state index contributed by atoms with van der Waals surface area (Å²) in [5.41, 5.74) is 0.829. The second-order valence-corrected chi connectivity index (χ2v) is 5.09. The van der Waals surface area contributed by atoms with Crippen molar-refractivity contribution in [1.82, 2.24) is 9.55 Å². The third kappa shape index (κ3) is 4.56. The Balaban J connectivity index is 2.29. The average Bonchev–Trinajstić information content (AvgIpc) is 2.89. The maximum Gasteiger partial charge on any atom is 0.389 e. The first kappa shape index (κ1) is 15.5. The molecule has 112 valence electrons. The Hall–Kier alpha value is -1.89. The molecule has 0 amide bonds. The Morgan fingerprint density at radius 1 is 1.38 bits per heavy atom. The van der Waals surface area contributed by atoms with E-state index in [1.54, 1.807) is 29.0 Å². The van der Waals surface area contributed by atoms with Crippen LogP contribution in [0.1, 0.15) is 23.5 Å². The summed E-state index contributed by atoms with van der Waals surface area (Å²) < 4.78 is 39.9. The molecule has 1 unspecified atom stereocenters. The van der Waals surface area contributed by atoms with Gasteiger partial charge in [0, 0.05) is 30.4 Å². The fourth-order valence-corrected chi connectivity index (χ4v) is 2.27. The van der Waals surface area contributed by atoms with Crippen molar-refractivity contribution in [3.63, 3.8) is 0 Å². The highest BCUT2D eigenvalue weighted by Gasteiger charge is 2.32. The normalized spacial score (nSPS) is 13.1. The number of aliphatic hydroxyl groups excluding tert-OH is 1. The van der Waals surface area contributed by atoms with Crippen LogP contribution in [0.5, 0.6) is 0 Å². The molecule has 3 nitrogen and oxygen atoms in total. The SMILES string of the molecule is OC(=S)c1cccc(C(Cn2ccnc2)CC(F)(F)F)c1. The van der Waals surface area contributed by atoms with Crippen LogP contribution in [0.15, 0.2) is 43.0 Å². The van der Waals surface area contributed by atoms with Crippen molar-refractivity contribution in [2.24, 2.45) is 0 Å². The second kappa shape index (κ2) is 6.26. The minimum Gasteiger partial charge on any atom is -0.499 e. The van der Waals surface area contributed by atoms with Crippen molar-refractivity contribution in [3.05, 3.63) is 54.1 Å². The lowest BCUT2D eigenvalue weighted by molar-refractivity contribution is -0.139. The molecule has 1 aromatic carbocycles. The zero-order valence-corrected chi connectivity index (χ0v) is 11.7. The van der Waals surface area contributed by atoms with Gasteiger partial charge in [-0.05, 0) is 23.8 Å². The number of nitrogens with zero attached hydrogens (tertiary/aromatic N) is 2. The van der Waals surface area contributed by atoms with Crippen molar-refractivity contribution in [1.29, 1.82) is 0 Å². The number of imidazole rings is 1. The van der Waals surface area contributed by atoms with Gasteiger partial charge in [0.2, 0.25) is 0 Å². The van der Waals surface area contributed by atoms with Gasteiger partial charge in [0.15, 0.2) is 5.05 Å². The van der Waals surface area contributed by atoms with Crippen molar-refractivity contribution in [3.8, 4) is 0 Å². The first-order chi connectivity index (χ1) is 9.85. The molecule has 2 aromatic rings. The van der Waals surface area contributed by atoms with Crippen LogP contribution in [0.2, 0.25) is 0 Å². The number of thiocarbonyl (C=S) groups is 1. The van der Waals surface area contributed by atoms with E-state index < -0.39 is 18.5 Å². The van der Waals surface area contributed by atoms with Crippen molar-refractivity contribution < 1.29 is 18.3 Å². The summed E-state index contributed by atoms with van der Waals surface area (Å²) in [6, 6.07) is 6.25. The maximum atomic E-state index is 12.8. The van der Waals surface area contributed by atoms with Gasteiger partial charge in [0.25, 0.3) is 0 Å². The van der Waals surface area contributed by atoms with E-state index in [2.05, 4.69) is 17.2 Å². The standard InChI is InChI=1S/C14H13F3N2OS/c15-14(16,17)7-12(8-19-5-4-18-9-19)10-2-1-3-11(6-10)13(20)21/h1-6,9,12H,7-8H2,(H,20,21). The highest BCUT2D eigenvalue weighted by Crippen LogP contribution is 2.32. The molecule has 1 N–H and O–H groups in total. The molecule has 0 spiro atoms. The molecule has 1 atom stereocenters. The molecular formula is C14H13F3N2OS. The third-order valence-corrected chi connectivity index (χ3v) is 3.31. The number of benzene rings is 1. The van der Waals surface area contributed by atoms with E-state index in [-0.39, 0.29) is 11.6 Å². The Morgan fingerprint density at radius 3 is 2.71 bits per heavy atom. The summed E-state index contributed by atoms with van der Waals surface area (Å²) in [6.45, 7) is 0.154. The van der Waals surface area contributed by atoms with Crippen LogP contribution in [0.3, 0.4) is 0 Å². The summed E-state index contributed by atoms with van der Waals surface area (Å²) in [5, 5.41) is 8.98. The fraction of sp³-hybridized carbons (Fsp3) is 0.286. The Kier molecular flexibility index (Phi) is 4.62. The molecule has 0 radical (unpaired) electrons. The molecule has 1 aromatic heterocycles. The van der Waals surface area contributed by atoms with E-state index in [0.29, 0.717) is 11.1 Å². The summed E-state index contributed by atoms with van der Waals surface area (Å²) >= 11 is 4.65.